The highest BCUT2D eigenvalue weighted by molar-refractivity contribution is 5.77. The Kier molecular flexibility index (Phi) is 2.81. The second kappa shape index (κ2) is 3.58. The number of carboxylic acids is 1. The smallest absolute Gasteiger partial charge is 0.314 e. The van der Waals surface area contributed by atoms with Crippen molar-refractivity contribution < 1.29 is 9.90 Å². The molecule has 0 saturated carbocycles. The first-order valence-corrected chi connectivity index (χ1v) is 4.81. The van der Waals surface area contributed by atoms with Crippen molar-refractivity contribution in [2.45, 2.75) is 32.7 Å². The highest BCUT2D eigenvalue weighted by Crippen LogP contribution is 2.32. The van der Waals surface area contributed by atoms with Gasteiger partial charge in [-0.1, -0.05) is 24.6 Å². The zero-order chi connectivity index (χ0) is 10.9. The van der Waals surface area contributed by atoms with E-state index in [2.05, 4.69) is 0 Å². The fourth-order valence-electron chi connectivity index (χ4n) is 1.83. The molecule has 3 N–H and O–H groups in total. The molecule has 0 aromatic heterocycles. The van der Waals surface area contributed by atoms with Crippen molar-refractivity contribution in [3.8, 4) is 0 Å². The normalized spacial score (nSPS) is 32.1. The van der Waals surface area contributed by atoms with Gasteiger partial charge in [-0.2, -0.15) is 0 Å². The van der Waals surface area contributed by atoms with Crippen LogP contribution >= 0.6 is 0 Å². The zero-order valence-electron chi connectivity index (χ0n) is 8.87. The Balaban J connectivity index is 3.15. The summed E-state index contributed by atoms with van der Waals surface area (Å²) in [5, 5.41) is 9.00. The predicted molar refractivity (Wildman–Crippen MR) is 55.8 cm³/mol. The average Bonchev–Trinajstić information content (AvgIpc) is 2.09. The fraction of sp³-hybridized carbons (Fsp3) is 0.545. The van der Waals surface area contributed by atoms with Crippen LogP contribution in [0.5, 0.6) is 0 Å². The van der Waals surface area contributed by atoms with Crippen LogP contribution in [0.25, 0.3) is 0 Å². The number of carboxylic acid groups (broad SMARTS) is 1. The quantitative estimate of drug-likeness (QED) is 0.659. The molecule has 78 valence electrons. The van der Waals surface area contributed by atoms with Crippen molar-refractivity contribution in [2.75, 3.05) is 0 Å². The third kappa shape index (κ3) is 1.73. The average molecular weight is 195 g/mol. The Morgan fingerprint density at radius 2 is 2.29 bits per heavy atom. The standard InChI is InChI=1S/C11H17NO2/c1-4-8-7(2)11(3,12)6-5-9(8)10(13)14/h5-6,9H,4,12H2,1-3H3,(H,13,14). The second-order valence-electron chi connectivity index (χ2n) is 3.96. The minimum absolute atomic E-state index is 0.489. The minimum Gasteiger partial charge on any atom is -0.481 e. The molecule has 14 heavy (non-hydrogen) atoms. The molecule has 0 spiro atoms. The first-order chi connectivity index (χ1) is 6.40. The van der Waals surface area contributed by atoms with E-state index in [1.807, 2.05) is 20.8 Å². The summed E-state index contributed by atoms with van der Waals surface area (Å²) < 4.78 is 0. The molecular formula is C11H17NO2. The molecule has 0 aliphatic heterocycles. The zero-order valence-corrected chi connectivity index (χ0v) is 8.87. The number of carbonyl (C=O) groups is 1. The highest BCUT2D eigenvalue weighted by atomic mass is 16.4. The highest BCUT2D eigenvalue weighted by Gasteiger charge is 2.30. The third-order valence-corrected chi connectivity index (χ3v) is 2.95. The Bertz CT molecular complexity index is 313. The van der Waals surface area contributed by atoms with Gasteiger partial charge in [0.05, 0.1) is 11.5 Å². The molecule has 0 radical (unpaired) electrons. The molecule has 3 heteroatoms. The van der Waals surface area contributed by atoms with E-state index >= 15 is 0 Å². The van der Waals surface area contributed by atoms with Crippen molar-refractivity contribution in [1.82, 2.24) is 0 Å². The lowest BCUT2D eigenvalue weighted by molar-refractivity contribution is -0.139. The lowest BCUT2D eigenvalue weighted by Crippen LogP contribution is -2.39. The fourth-order valence-corrected chi connectivity index (χ4v) is 1.83. The van der Waals surface area contributed by atoms with Gasteiger partial charge in [-0.05, 0) is 25.8 Å². The van der Waals surface area contributed by atoms with Crippen molar-refractivity contribution in [3.05, 3.63) is 23.3 Å². The number of aliphatic carboxylic acids is 1. The van der Waals surface area contributed by atoms with Crippen LogP contribution in [0.3, 0.4) is 0 Å². The summed E-state index contributed by atoms with van der Waals surface area (Å²) in [5.41, 5.74) is 7.44. The molecule has 2 unspecified atom stereocenters. The van der Waals surface area contributed by atoms with Gasteiger partial charge < -0.3 is 10.8 Å². The topological polar surface area (TPSA) is 63.3 Å². The molecule has 2 atom stereocenters. The minimum atomic E-state index is -0.798. The number of nitrogens with two attached hydrogens (primary N) is 1. The van der Waals surface area contributed by atoms with E-state index in [1.54, 1.807) is 12.2 Å². The van der Waals surface area contributed by atoms with Crippen LogP contribution in [0.15, 0.2) is 23.3 Å². The lowest BCUT2D eigenvalue weighted by atomic mass is 9.78. The van der Waals surface area contributed by atoms with E-state index < -0.39 is 17.4 Å². The van der Waals surface area contributed by atoms with Crippen molar-refractivity contribution in [1.29, 1.82) is 0 Å². The van der Waals surface area contributed by atoms with Gasteiger partial charge in [-0.3, -0.25) is 4.79 Å². The van der Waals surface area contributed by atoms with Crippen LogP contribution in [-0.4, -0.2) is 16.6 Å². The maximum Gasteiger partial charge on any atom is 0.314 e. The largest absolute Gasteiger partial charge is 0.481 e. The number of rotatable bonds is 2. The Labute approximate surface area is 84.3 Å². The maximum atomic E-state index is 11.0. The second-order valence-corrected chi connectivity index (χ2v) is 3.96. The molecule has 3 nitrogen and oxygen atoms in total. The van der Waals surface area contributed by atoms with E-state index in [9.17, 15) is 4.79 Å². The summed E-state index contributed by atoms with van der Waals surface area (Å²) in [6.07, 6.45) is 4.20. The monoisotopic (exact) mass is 195 g/mol. The molecule has 0 amide bonds. The van der Waals surface area contributed by atoms with Gasteiger partial charge in [0.1, 0.15) is 0 Å². The van der Waals surface area contributed by atoms with E-state index in [1.165, 1.54) is 0 Å². The van der Waals surface area contributed by atoms with Crippen LogP contribution in [0, 0.1) is 5.92 Å². The molecular weight excluding hydrogens is 178 g/mol. The van der Waals surface area contributed by atoms with Gasteiger partial charge in [0.15, 0.2) is 0 Å². The van der Waals surface area contributed by atoms with Crippen molar-refractivity contribution >= 4 is 5.97 Å². The van der Waals surface area contributed by atoms with E-state index in [0.717, 1.165) is 17.6 Å². The summed E-state index contributed by atoms with van der Waals surface area (Å²) in [7, 11) is 0. The molecule has 0 aromatic carbocycles. The molecule has 0 aromatic rings. The van der Waals surface area contributed by atoms with Crippen LogP contribution in [-0.2, 0) is 4.79 Å². The first-order valence-electron chi connectivity index (χ1n) is 4.81. The SMILES string of the molecule is CCC1=C(C)C(C)(N)C=CC1C(=O)O. The summed E-state index contributed by atoms with van der Waals surface area (Å²) in [6.45, 7) is 5.77. The molecule has 0 fully saturated rings. The molecule has 0 bridgehead atoms. The molecule has 1 aliphatic rings. The van der Waals surface area contributed by atoms with Crippen LogP contribution in [0.4, 0.5) is 0 Å². The third-order valence-electron chi connectivity index (χ3n) is 2.95. The summed E-state index contributed by atoms with van der Waals surface area (Å²) >= 11 is 0. The van der Waals surface area contributed by atoms with Gasteiger partial charge in [-0.15, -0.1) is 0 Å². The Morgan fingerprint density at radius 1 is 1.71 bits per heavy atom. The van der Waals surface area contributed by atoms with Crippen molar-refractivity contribution in [3.63, 3.8) is 0 Å². The summed E-state index contributed by atoms with van der Waals surface area (Å²) in [5.74, 6) is -1.29. The summed E-state index contributed by atoms with van der Waals surface area (Å²) in [4.78, 5) is 11.0. The van der Waals surface area contributed by atoms with Crippen molar-refractivity contribution in [2.24, 2.45) is 11.7 Å². The molecule has 0 saturated heterocycles. The van der Waals surface area contributed by atoms with Gasteiger partial charge in [0.25, 0.3) is 0 Å². The first kappa shape index (κ1) is 11.0. The van der Waals surface area contributed by atoms with Crippen LogP contribution in [0.2, 0.25) is 0 Å². The number of hydrogen-bond acceptors (Lipinski definition) is 2. The Morgan fingerprint density at radius 3 is 2.71 bits per heavy atom. The van der Waals surface area contributed by atoms with Crippen LogP contribution in [0.1, 0.15) is 27.2 Å². The van der Waals surface area contributed by atoms with Gasteiger partial charge in [0.2, 0.25) is 0 Å². The predicted octanol–water partition coefficient (Wildman–Crippen LogP) is 1.70. The van der Waals surface area contributed by atoms with Gasteiger partial charge in [-0.25, -0.2) is 0 Å². The van der Waals surface area contributed by atoms with Crippen LogP contribution < -0.4 is 5.73 Å². The Hall–Kier alpha value is -1.09. The summed E-state index contributed by atoms with van der Waals surface area (Å²) in [6, 6.07) is 0. The van der Waals surface area contributed by atoms with E-state index in [4.69, 9.17) is 10.8 Å². The lowest BCUT2D eigenvalue weighted by Gasteiger charge is -2.31. The molecule has 1 aliphatic carbocycles. The number of hydrogen-bond donors (Lipinski definition) is 2. The maximum absolute atomic E-state index is 11.0. The van der Waals surface area contributed by atoms with E-state index in [-0.39, 0.29) is 0 Å². The van der Waals surface area contributed by atoms with Gasteiger partial charge >= 0.3 is 5.97 Å². The van der Waals surface area contributed by atoms with Gasteiger partial charge in [0, 0.05) is 0 Å². The van der Waals surface area contributed by atoms with E-state index in [0.29, 0.717) is 0 Å². The molecule has 1 rings (SSSR count). The molecule has 0 heterocycles.